The molecule has 82 valence electrons. The van der Waals surface area contributed by atoms with Crippen LogP contribution < -0.4 is 0 Å². The predicted octanol–water partition coefficient (Wildman–Crippen LogP) is 3.36. The molecule has 2 aliphatic rings. The Morgan fingerprint density at radius 2 is 1.57 bits per heavy atom. The third kappa shape index (κ3) is 2.13. The number of rotatable bonds is 2. The van der Waals surface area contributed by atoms with Gasteiger partial charge < -0.3 is 5.11 Å². The van der Waals surface area contributed by atoms with Crippen molar-refractivity contribution >= 4 is 0 Å². The normalized spacial score (nSPS) is 34.9. The molecule has 0 heterocycles. The van der Waals surface area contributed by atoms with E-state index >= 15 is 0 Å². The fraction of sp³-hybridized carbons (Fsp3) is 1.00. The zero-order valence-electron chi connectivity index (χ0n) is 9.63. The van der Waals surface area contributed by atoms with Crippen molar-refractivity contribution < 1.29 is 5.11 Å². The van der Waals surface area contributed by atoms with Gasteiger partial charge in [0.2, 0.25) is 0 Å². The first-order chi connectivity index (χ1) is 6.61. The fourth-order valence-electron chi connectivity index (χ4n) is 3.07. The molecule has 2 unspecified atom stereocenters. The molecule has 0 aromatic carbocycles. The van der Waals surface area contributed by atoms with Gasteiger partial charge >= 0.3 is 0 Å². The number of hydrogen-bond donors (Lipinski definition) is 1. The molecule has 0 amide bonds. The second kappa shape index (κ2) is 3.84. The van der Waals surface area contributed by atoms with Crippen molar-refractivity contribution in [2.24, 2.45) is 17.3 Å². The van der Waals surface area contributed by atoms with Crippen molar-refractivity contribution in [2.45, 2.75) is 64.9 Å². The molecule has 1 heteroatoms. The van der Waals surface area contributed by atoms with E-state index in [1.165, 1.54) is 44.9 Å². The molecule has 0 aromatic heterocycles. The first kappa shape index (κ1) is 10.5. The molecule has 0 spiro atoms. The highest BCUT2D eigenvalue weighted by molar-refractivity contribution is 5.00. The molecule has 1 N–H and O–H groups in total. The van der Waals surface area contributed by atoms with E-state index < -0.39 is 0 Å². The van der Waals surface area contributed by atoms with Gasteiger partial charge in [-0.05, 0) is 36.5 Å². The predicted molar refractivity (Wildman–Crippen MR) is 59.1 cm³/mol. The van der Waals surface area contributed by atoms with Gasteiger partial charge in [0.05, 0.1) is 6.10 Å². The van der Waals surface area contributed by atoms with Crippen molar-refractivity contribution in [2.75, 3.05) is 0 Å². The summed E-state index contributed by atoms with van der Waals surface area (Å²) in [5.41, 5.74) is 0.436. The van der Waals surface area contributed by atoms with Gasteiger partial charge in [-0.25, -0.2) is 0 Å². The Labute approximate surface area is 87.9 Å². The maximum atomic E-state index is 10.3. The summed E-state index contributed by atoms with van der Waals surface area (Å²) >= 11 is 0. The third-order valence-corrected chi connectivity index (χ3v) is 4.38. The smallest absolute Gasteiger partial charge is 0.0601 e. The van der Waals surface area contributed by atoms with Crippen LogP contribution in [0.2, 0.25) is 0 Å². The Hall–Kier alpha value is -0.0400. The van der Waals surface area contributed by atoms with Crippen LogP contribution in [0.15, 0.2) is 0 Å². The van der Waals surface area contributed by atoms with E-state index in [0.29, 0.717) is 17.3 Å². The van der Waals surface area contributed by atoms with Crippen LogP contribution in [0.3, 0.4) is 0 Å². The summed E-state index contributed by atoms with van der Waals surface area (Å²) in [5, 5.41) is 10.3. The average Bonchev–Trinajstić information content (AvgIpc) is 2.83. The lowest BCUT2D eigenvalue weighted by atomic mass is 9.89. The van der Waals surface area contributed by atoms with Gasteiger partial charge in [0, 0.05) is 0 Å². The second-order valence-electron chi connectivity index (χ2n) is 6.04. The van der Waals surface area contributed by atoms with Crippen molar-refractivity contribution in [3.8, 4) is 0 Å². The standard InChI is InChI=1S/C13H24O/c1-13(2)9-11(13)12(14)10-7-5-3-4-6-8-10/h10-12,14H,3-9H2,1-2H3. The number of aliphatic hydroxyl groups excluding tert-OH is 1. The van der Waals surface area contributed by atoms with Crippen LogP contribution in [0.5, 0.6) is 0 Å². The largest absolute Gasteiger partial charge is 0.393 e. The Bertz CT molecular complexity index is 189. The zero-order chi connectivity index (χ0) is 10.2. The SMILES string of the molecule is CC1(C)CC1C(O)C1CCCCCC1. The van der Waals surface area contributed by atoms with Crippen LogP contribution in [-0.2, 0) is 0 Å². The van der Waals surface area contributed by atoms with E-state index in [2.05, 4.69) is 13.8 Å². The van der Waals surface area contributed by atoms with Crippen molar-refractivity contribution in [1.29, 1.82) is 0 Å². The van der Waals surface area contributed by atoms with Crippen LogP contribution in [-0.4, -0.2) is 11.2 Å². The van der Waals surface area contributed by atoms with Crippen LogP contribution in [0.25, 0.3) is 0 Å². The summed E-state index contributed by atoms with van der Waals surface area (Å²) in [7, 11) is 0. The summed E-state index contributed by atoms with van der Waals surface area (Å²) in [6, 6.07) is 0. The number of hydrogen-bond acceptors (Lipinski definition) is 1. The first-order valence-electron chi connectivity index (χ1n) is 6.29. The highest BCUT2D eigenvalue weighted by Gasteiger charge is 2.51. The topological polar surface area (TPSA) is 20.2 Å². The van der Waals surface area contributed by atoms with Crippen molar-refractivity contribution in [3.05, 3.63) is 0 Å². The van der Waals surface area contributed by atoms with E-state index in [9.17, 15) is 5.11 Å². The third-order valence-electron chi connectivity index (χ3n) is 4.38. The molecule has 14 heavy (non-hydrogen) atoms. The lowest BCUT2D eigenvalue weighted by molar-refractivity contribution is 0.0670. The Balaban J connectivity index is 1.87. The summed E-state index contributed by atoms with van der Waals surface area (Å²) in [6.45, 7) is 4.58. The van der Waals surface area contributed by atoms with Crippen LogP contribution in [0, 0.1) is 17.3 Å². The molecule has 2 rings (SSSR count). The summed E-state index contributed by atoms with van der Waals surface area (Å²) in [4.78, 5) is 0. The van der Waals surface area contributed by atoms with Gasteiger partial charge in [0.25, 0.3) is 0 Å². The summed E-state index contributed by atoms with van der Waals surface area (Å²) < 4.78 is 0. The maximum Gasteiger partial charge on any atom is 0.0601 e. The molecule has 2 aliphatic carbocycles. The molecule has 2 fully saturated rings. The molecule has 2 saturated carbocycles. The van der Waals surface area contributed by atoms with Gasteiger partial charge in [-0.2, -0.15) is 0 Å². The van der Waals surface area contributed by atoms with E-state index in [1.54, 1.807) is 0 Å². The van der Waals surface area contributed by atoms with Gasteiger partial charge in [-0.3, -0.25) is 0 Å². The molecule has 0 saturated heterocycles. The molecule has 0 radical (unpaired) electrons. The van der Waals surface area contributed by atoms with Gasteiger partial charge in [0.15, 0.2) is 0 Å². The molecule has 2 atom stereocenters. The molecule has 0 aliphatic heterocycles. The molecular formula is C13H24O. The second-order valence-corrected chi connectivity index (χ2v) is 6.04. The Morgan fingerprint density at radius 1 is 1.07 bits per heavy atom. The fourth-order valence-corrected chi connectivity index (χ4v) is 3.07. The van der Waals surface area contributed by atoms with Crippen molar-refractivity contribution in [1.82, 2.24) is 0 Å². The highest BCUT2D eigenvalue weighted by atomic mass is 16.3. The summed E-state index contributed by atoms with van der Waals surface area (Å²) in [5.74, 6) is 1.22. The molecule has 1 nitrogen and oxygen atoms in total. The number of aliphatic hydroxyl groups is 1. The quantitative estimate of drug-likeness (QED) is 0.671. The van der Waals surface area contributed by atoms with E-state index in [0.717, 1.165) is 0 Å². The zero-order valence-corrected chi connectivity index (χ0v) is 9.63. The molecule has 0 aromatic rings. The average molecular weight is 196 g/mol. The van der Waals surface area contributed by atoms with E-state index in [4.69, 9.17) is 0 Å². The summed E-state index contributed by atoms with van der Waals surface area (Å²) in [6.07, 6.45) is 9.24. The minimum Gasteiger partial charge on any atom is -0.393 e. The van der Waals surface area contributed by atoms with Crippen molar-refractivity contribution in [3.63, 3.8) is 0 Å². The highest BCUT2D eigenvalue weighted by Crippen LogP contribution is 2.55. The lowest BCUT2D eigenvalue weighted by Crippen LogP contribution is -2.24. The molecular weight excluding hydrogens is 172 g/mol. The minimum atomic E-state index is 0.00287. The Morgan fingerprint density at radius 3 is 2.00 bits per heavy atom. The minimum absolute atomic E-state index is 0.00287. The molecule has 0 bridgehead atoms. The monoisotopic (exact) mass is 196 g/mol. The van der Waals surface area contributed by atoms with Gasteiger partial charge in [0.1, 0.15) is 0 Å². The Kier molecular flexibility index (Phi) is 2.88. The van der Waals surface area contributed by atoms with Crippen LogP contribution in [0.1, 0.15) is 58.8 Å². The van der Waals surface area contributed by atoms with Gasteiger partial charge in [-0.1, -0.05) is 39.5 Å². The van der Waals surface area contributed by atoms with Crippen LogP contribution in [0.4, 0.5) is 0 Å². The van der Waals surface area contributed by atoms with E-state index in [-0.39, 0.29) is 6.10 Å². The first-order valence-corrected chi connectivity index (χ1v) is 6.29. The lowest BCUT2D eigenvalue weighted by Gasteiger charge is -2.22. The maximum absolute atomic E-state index is 10.3. The van der Waals surface area contributed by atoms with Crippen LogP contribution >= 0.6 is 0 Å². The van der Waals surface area contributed by atoms with Gasteiger partial charge in [-0.15, -0.1) is 0 Å². The van der Waals surface area contributed by atoms with E-state index in [1.807, 2.05) is 0 Å².